The summed E-state index contributed by atoms with van der Waals surface area (Å²) in [6.45, 7) is 0. The van der Waals surface area contributed by atoms with E-state index in [0.717, 1.165) is 6.07 Å². The summed E-state index contributed by atoms with van der Waals surface area (Å²) in [6.07, 6.45) is 0. The van der Waals surface area contributed by atoms with Crippen molar-refractivity contribution in [2.45, 2.75) is 0 Å². The van der Waals surface area contributed by atoms with Gasteiger partial charge in [0.1, 0.15) is 11.6 Å². The molecule has 0 aliphatic heterocycles. The van der Waals surface area contributed by atoms with Crippen LogP contribution in [-0.4, -0.2) is 16.9 Å². The molecule has 2 rings (SSSR count). The van der Waals surface area contributed by atoms with Crippen molar-refractivity contribution < 1.29 is 19.1 Å². The van der Waals surface area contributed by atoms with Crippen LogP contribution in [0.25, 0.3) is 0 Å². The fraction of sp³-hybridized carbons (Fsp3) is 0. The largest absolute Gasteiger partial charge is 0.507 e. The Labute approximate surface area is 143 Å². The third-order valence-electron chi connectivity index (χ3n) is 2.67. The molecular weight excluding hydrogens is 426 g/mol. The van der Waals surface area contributed by atoms with E-state index in [2.05, 4.69) is 10.9 Å². The highest BCUT2D eigenvalue weighted by atomic mass is 127. The van der Waals surface area contributed by atoms with E-state index in [4.69, 9.17) is 11.6 Å². The second kappa shape index (κ2) is 6.93. The highest BCUT2D eigenvalue weighted by Crippen LogP contribution is 2.21. The number of phenolic OH excluding ortho intramolecular Hbond substituents is 1. The fourth-order valence-electron chi connectivity index (χ4n) is 1.61. The summed E-state index contributed by atoms with van der Waals surface area (Å²) in [5.74, 6) is -2.08. The van der Waals surface area contributed by atoms with Crippen LogP contribution in [0.4, 0.5) is 4.39 Å². The summed E-state index contributed by atoms with van der Waals surface area (Å²) in [6, 6.07) is 7.59. The first kappa shape index (κ1) is 16.5. The number of nitrogens with one attached hydrogen (secondary N) is 2. The maximum absolute atomic E-state index is 13.0. The molecule has 2 amide bonds. The maximum atomic E-state index is 13.0. The van der Waals surface area contributed by atoms with Crippen LogP contribution in [0.5, 0.6) is 5.75 Å². The zero-order valence-electron chi connectivity index (χ0n) is 10.9. The lowest BCUT2D eigenvalue weighted by Gasteiger charge is -2.09. The molecule has 0 heterocycles. The van der Waals surface area contributed by atoms with Crippen molar-refractivity contribution in [3.8, 4) is 5.75 Å². The number of hydrazine groups is 1. The van der Waals surface area contributed by atoms with Crippen molar-refractivity contribution in [3.63, 3.8) is 0 Å². The zero-order valence-corrected chi connectivity index (χ0v) is 13.8. The minimum Gasteiger partial charge on any atom is -0.507 e. The lowest BCUT2D eigenvalue weighted by molar-refractivity contribution is 0.0844. The topological polar surface area (TPSA) is 78.4 Å². The summed E-state index contributed by atoms with van der Waals surface area (Å²) < 4.78 is 13.4. The number of rotatable bonds is 2. The van der Waals surface area contributed by atoms with E-state index in [1.807, 2.05) is 22.6 Å². The first-order valence-electron chi connectivity index (χ1n) is 5.92. The maximum Gasteiger partial charge on any atom is 0.273 e. The van der Waals surface area contributed by atoms with Crippen molar-refractivity contribution in [1.29, 1.82) is 0 Å². The van der Waals surface area contributed by atoms with Gasteiger partial charge in [-0.2, -0.15) is 0 Å². The van der Waals surface area contributed by atoms with Crippen LogP contribution in [0.3, 0.4) is 0 Å². The van der Waals surface area contributed by atoms with Gasteiger partial charge in [-0.05, 0) is 59.0 Å². The number of phenols is 1. The van der Waals surface area contributed by atoms with Crippen molar-refractivity contribution in [1.82, 2.24) is 10.9 Å². The molecule has 2 aromatic rings. The highest BCUT2D eigenvalue weighted by molar-refractivity contribution is 14.1. The van der Waals surface area contributed by atoms with Crippen molar-refractivity contribution in [3.05, 3.63) is 61.9 Å². The van der Waals surface area contributed by atoms with E-state index in [1.54, 1.807) is 0 Å². The van der Waals surface area contributed by atoms with E-state index in [0.29, 0.717) is 3.57 Å². The van der Waals surface area contributed by atoms with E-state index in [-0.39, 0.29) is 21.9 Å². The quantitative estimate of drug-likeness (QED) is 0.502. The molecule has 2 aromatic carbocycles. The minimum atomic E-state index is -0.731. The zero-order chi connectivity index (χ0) is 16.3. The van der Waals surface area contributed by atoms with E-state index >= 15 is 0 Å². The van der Waals surface area contributed by atoms with Gasteiger partial charge in [0.2, 0.25) is 0 Å². The Bertz CT molecular complexity index is 755. The summed E-state index contributed by atoms with van der Waals surface area (Å²) in [7, 11) is 0. The lowest BCUT2D eigenvalue weighted by Crippen LogP contribution is -2.41. The Morgan fingerprint density at radius 3 is 2.32 bits per heavy atom. The van der Waals surface area contributed by atoms with Crippen molar-refractivity contribution >= 4 is 46.0 Å². The monoisotopic (exact) mass is 434 g/mol. The molecule has 0 aliphatic rings. The molecule has 22 heavy (non-hydrogen) atoms. The number of carbonyl (C=O) groups excluding carboxylic acids is 2. The van der Waals surface area contributed by atoms with Gasteiger partial charge in [-0.3, -0.25) is 20.4 Å². The number of benzene rings is 2. The van der Waals surface area contributed by atoms with Crippen LogP contribution in [0.2, 0.25) is 5.02 Å². The fourth-order valence-corrected chi connectivity index (χ4v) is 2.51. The molecule has 0 aliphatic carbocycles. The molecule has 114 valence electrons. The van der Waals surface area contributed by atoms with E-state index in [1.165, 1.54) is 30.3 Å². The molecule has 8 heteroatoms. The van der Waals surface area contributed by atoms with Gasteiger partial charge in [0.05, 0.1) is 11.1 Å². The van der Waals surface area contributed by atoms with Gasteiger partial charge in [-0.1, -0.05) is 11.6 Å². The van der Waals surface area contributed by atoms with Crippen LogP contribution in [0.1, 0.15) is 20.7 Å². The van der Waals surface area contributed by atoms with Gasteiger partial charge in [-0.25, -0.2) is 4.39 Å². The standard InChI is InChI=1S/C14H9ClFIN2O3/c15-7-1-4-12(20)10(5-7)14(22)19-18-13(21)9-3-2-8(16)6-11(9)17/h1-6,20H,(H,18,21)(H,19,22). The van der Waals surface area contributed by atoms with Crippen LogP contribution >= 0.6 is 34.2 Å². The van der Waals surface area contributed by atoms with E-state index in [9.17, 15) is 19.1 Å². The average Bonchev–Trinajstić information content (AvgIpc) is 2.47. The third-order valence-corrected chi connectivity index (χ3v) is 3.80. The predicted octanol–water partition coefficient (Wildman–Crippen LogP) is 2.86. The number of aromatic hydroxyl groups is 1. The summed E-state index contributed by atoms with van der Waals surface area (Å²) in [4.78, 5) is 23.8. The number of amides is 2. The number of hydrogen-bond acceptors (Lipinski definition) is 3. The Morgan fingerprint density at radius 1 is 1.05 bits per heavy atom. The first-order valence-corrected chi connectivity index (χ1v) is 7.38. The van der Waals surface area contributed by atoms with E-state index < -0.39 is 17.6 Å². The molecule has 0 unspecified atom stereocenters. The van der Waals surface area contributed by atoms with Crippen molar-refractivity contribution in [2.75, 3.05) is 0 Å². The Kier molecular flexibility index (Phi) is 5.19. The molecule has 0 saturated carbocycles. The molecule has 0 aromatic heterocycles. The summed E-state index contributed by atoms with van der Waals surface area (Å²) in [5.41, 5.74) is 4.46. The van der Waals surface area contributed by atoms with Gasteiger partial charge in [0, 0.05) is 8.59 Å². The second-order valence-electron chi connectivity index (χ2n) is 4.19. The summed E-state index contributed by atoms with van der Waals surface area (Å²) >= 11 is 7.55. The molecule has 3 N–H and O–H groups in total. The summed E-state index contributed by atoms with van der Waals surface area (Å²) in [5, 5.41) is 9.85. The lowest BCUT2D eigenvalue weighted by atomic mass is 10.2. The van der Waals surface area contributed by atoms with Gasteiger partial charge in [-0.15, -0.1) is 0 Å². The van der Waals surface area contributed by atoms with Gasteiger partial charge < -0.3 is 5.11 Å². The average molecular weight is 435 g/mol. The molecule has 0 bridgehead atoms. The molecule has 0 saturated heterocycles. The van der Waals surface area contributed by atoms with Crippen LogP contribution in [0.15, 0.2) is 36.4 Å². The smallest absolute Gasteiger partial charge is 0.273 e. The molecule has 0 spiro atoms. The van der Waals surface area contributed by atoms with Crippen LogP contribution in [0, 0.1) is 9.39 Å². The normalized spacial score (nSPS) is 10.1. The minimum absolute atomic E-state index is 0.0818. The molecule has 5 nitrogen and oxygen atoms in total. The molecule has 0 radical (unpaired) electrons. The highest BCUT2D eigenvalue weighted by Gasteiger charge is 2.15. The van der Waals surface area contributed by atoms with Crippen molar-refractivity contribution in [2.24, 2.45) is 0 Å². The molecule has 0 fully saturated rings. The molecular formula is C14H9ClFIN2O3. The van der Waals surface area contributed by atoms with Gasteiger partial charge in [0.15, 0.2) is 0 Å². The van der Waals surface area contributed by atoms with Gasteiger partial charge in [0.25, 0.3) is 11.8 Å². The first-order chi connectivity index (χ1) is 10.4. The predicted molar refractivity (Wildman–Crippen MR) is 87.2 cm³/mol. The van der Waals surface area contributed by atoms with Gasteiger partial charge >= 0.3 is 0 Å². The Morgan fingerprint density at radius 2 is 1.68 bits per heavy atom. The Balaban J connectivity index is 2.07. The molecule has 0 atom stereocenters. The third kappa shape index (κ3) is 3.86. The second-order valence-corrected chi connectivity index (χ2v) is 5.79. The Hall–Kier alpha value is -1.87. The van der Waals surface area contributed by atoms with Crippen LogP contribution in [-0.2, 0) is 0 Å². The SMILES string of the molecule is O=C(NNC(=O)c1ccc(F)cc1I)c1cc(Cl)ccc1O. The number of carbonyl (C=O) groups is 2. The number of halogens is 3. The number of hydrogen-bond donors (Lipinski definition) is 3. The van der Waals surface area contributed by atoms with Crippen LogP contribution < -0.4 is 10.9 Å².